The number of aryl methyl sites for hydroxylation is 1. The van der Waals surface area contributed by atoms with Crippen molar-refractivity contribution in [2.75, 3.05) is 20.3 Å². The molecular weight excluding hydrogens is 342 g/mol. The third-order valence-corrected chi connectivity index (χ3v) is 4.66. The molecule has 3 aromatic rings. The van der Waals surface area contributed by atoms with Crippen LogP contribution in [0.4, 0.5) is 0 Å². The second-order valence-corrected chi connectivity index (χ2v) is 6.61. The molecule has 0 aliphatic heterocycles. The first-order chi connectivity index (χ1) is 13.1. The number of ether oxygens (including phenoxy) is 1. The van der Waals surface area contributed by atoms with Gasteiger partial charge in [0.1, 0.15) is 11.3 Å². The van der Waals surface area contributed by atoms with Crippen molar-refractivity contribution in [1.82, 2.24) is 4.90 Å². The summed E-state index contributed by atoms with van der Waals surface area (Å²) in [5.74, 6) is 0.158. The van der Waals surface area contributed by atoms with E-state index in [1.165, 1.54) is 11.6 Å². The van der Waals surface area contributed by atoms with Crippen LogP contribution in [-0.2, 0) is 24.2 Å². The van der Waals surface area contributed by atoms with Gasteiger partial charge in [-0.2, -0.15) is 0 Å². The number of methoxy groups -OCH3 is 1. The van der Waals surface area contributed by atoms with E-state index in [0.29, 0.717) is 25.2 Å². The van der Waals surface area contributed by atoms with Gasteiger partial charge in [-0.3, -0.25) is 4.90 Å². The fraction of sp³-hybridized carbons (Fsp3) is 0.318. The van der Waals surface area contributed by atoms with Gasteiger partial charge >= 0.3 is 5.63 Å². The fourth-order valence-corrected chi connectivity index (χ4v) is 3.24. The van der Waals surface area contributed by atoms with Crippen molar-refractivity contribution in [3.63, 3.8) is 0 Å². The number of hydrogen-bond acceptors (Lipinski definition) is 5. The molecule has 5 heteroatoms. The van der Waals surface area contributed by atoms with Crippen molar-refractivity contribution in [2.24, 2.45) is 0 Å². The monoisotopic (exact) mass is 367 g/mol. The van der Waals surface area contributed by atoms with Gasteiger partial charge < -0.3 is 14.3 Å². The predicted octanol–water partition coefficient (Wildman–Crippen LogP) is 3.71. The lowest BCUT2D eigenvalue weighted by molar-refractivity contribution is 0.140. The Kier molecular flexibility index (Phi) is 6.27. The minimum atomic E-state index is -0.410. The number of phenolic OH excluding ortho intramolecular Hbond substituents is 1. The van der Waals surface area contributed by atoms with Gasteiger partial charge in [-0.05, 0) is 29.2 Å². The zero-order chi connectivity index (χ0) is 19.2. The Bertz CT molecular complexity index is 950. The summed E-state index contributed by atoms with van der Waals surface area (Å²) in [4.78, 5) is 14.3. The molecule has 142 valence electrons. The van der Waals surface area contributed by atoms with Crippen LogP contribution in [0.1, 0.15) is 23.6 Å². The first kappa shape index (κ1) is 19.1. The topological polar surface area (TPSA) is 62.9 Å². The average molecular weight is 367 g/mol. The number of phenols is 1. The molecule has 0 unspecified atom stereocenters. The van der Waals surface area contributed by atoms with Crippen LogP contribution >= 0.6 is 0 Å². The van der Waals surface area contributed by atoms with Crippen molar-refractivity contribution < 1.29 is 14.3 Å². The van der Waals surface area contributed by atoms with E-state index in [9.17, 15) is 9.90 Å². The zero-order valence-corrected chi connectivity index (χ0v) is 15.8. The number of fused-ring (bicyclic) bond motifs is 1. The molecular formula is C22H25NO4. The van der Waals surface area contributed by atoms with Crippen LogP contribution in [0.5, 0.6) is 5.75 Å². The lowest BCUT2D eigenvalue weighted by Crippen LogP contribution is -2.27. The maximum Gasteiger partial charge on any atom is 0.336 e. The number of benzene rings is 2. The van der Waals surface area contributed by atoms with Gasteiger partial charge in [0.2, 0.25) is 0 Å². The Morgan fingerprint density at radius 3 is 2.56 bits per heavy atom. The van der Waals surface area contributed by atoms with Crippen LogP contribution in [0.2, 0.25) is 0 Å². The minimum Gasteiger partial charge on any atom is -0.508 e. The molecule has 1 aromatic heterocycles. The van der Waals surface area contributed by atoms with Gasteiger partial charge in [-0.1, -0.05) is 37.3 Å². The highest BCUT2D eigenvalue weighted by Gasteiger charge is 2.14. The van der Waals surface area contributed by atoms with Crippen LogP contribution in [-0.4, -0.2) is 30.3 Å². The molecule has 0 amide bonds. The SMILES string of the molecule is CCc1cc2c(CN(CCOC)Cc3ccccc3)cc(=O)oc2cc1O. The molecule has 3 rings (SSSR count). The summed E-state index contributed by atoms with van der Waals surface area (Å²) in [7, 11) is 1.68. The Morgan fingerprint density at radius 1 is 1.07 bits per heavy atom. The summed E-state index contributed by atoms with van der Waals surface area (Å²) in [5, 5.41) is 11.0. The highest BCUT2D eigenvalue weighted by atomic mass is 16.5. The smallest absolute Gasteiger partial charge is 0.336 e. The van der Waals surface area contributed by atoms with Crippen LogP contribution in [0.15, 0.2) is 57.7 Å². The van der Waals surface area contributed by atoms with Crippen LogP contribution in [0.25, 0.3) is 11.0 Å². The van der Waals surface area contributed by atoms with Crippen molar-refractivity contribution in [3.05, 3.63) is 75.6 Å². The normalized spacial score (nSPS) is 11.4. The third kappa shape index (κ3) is 4.76. The maximum absolute atomic E-state index is 12.0. The van der Waals surface area contributed by atoms with Crippen molar-refractivity contribution in [2.45, 2.75) is 26.4 Å². The van der Waals surface area contributed by atoms with Gasteiger partial charge in [-0.15, -0.1) is 0 Å². The highest BCUT2D eigenvalue weighted by molar-refractivity contribution is 5.82. The van der Waals surface area contributed by atoms with Gasteiger partial charge in [0.15, 0.2) is 0 Å². The van der Waals surface area contributed by atoms with E-state index in [0.717, 1.165) is 29.6 Å². The molecule has 0 spiro atoms. The molecule has 0 fully saturated rings. The van der Waals surface area contributed by atoms with Crippen molar-refractivity contribution in [1.29, 1.82) is 0 Å². The molecule has 0 radical (unpaired) electrons. The molecule has 27 heavy (non-hydrogen) atoms. The fourth-order valence-electron chi connectivity index (χ4n) is 3.24. The lowest BCUT2D eigenvalue weighted by atomic mass is 10.0. The van der Waals surface area contributed by atoms with E-state index in [2.05, 4.69) is 17.0 Å². The summed E-state index contributed by atoms with van der Waals surface area (Å²) in [6.07, 6.45) is 0.706. The standard InChI is InChI=1S/C22H25NO4/c1-3-17-11-19-18(12-22(25)27-21(19)13-20(17)24)15-23(9-10-26-2)14-16-7-5-4-6-8-16/h4-8,11-13,24H,3,9-10,14-15H2,1-2H3. The molecule has 0 saturated carbocycles. The van der Waals surface area contributed by atoms with Crippen molar-refractivity contribution in [3.8, 4) is 5.75 Å². The lowest BCUT2D eigenvalue weighted by Gasteiger charge is -2.23. The molecule has 5 nitrogen and oxygen atoms in total. The minimum absolute atomic E-state index is 0.158. The van der Waals surface area contributed by atoms with E-state index in [4.69, 9.17) is 9.15 Å². The molecule has 0 aliphatic rings. The molecule has 0 aliphatic carbocycles. The Hall–Kier alpha value is -2.63. The molecule has 0 saturated heterocycles. The van der Waals surface area contributed by atoms with Gasteiger partial charge in [0.25, 0.3) is 0 Å². The number of rotatable bonds is 8. The summed E-state index contributed by atoms with van der Waals surface area (Å²) < 4.78 is 10.6. The average Bonchev–Trinajstić information content (AvgIpc) is 2.66. The van der Waals surface area contributed by atoms with E-state index >= 15 is 0 Å². The summed E-state index contributed by atoms with van der Waals surface area (Å²) in [5.41, 5.74) is 2.94. The van der Waals surface area contributed by atoms with E-state index in [-0.39, 0.29) is 5.75 Å². The Morgan fingerprint density at radius 2 is 1.85 bits per heavy atom. The highest BCUT2D eigenvalue weighted by Crippen LogP contribution is 2.27. The Balaban J connectivity index is 1.96. The maximum atomic E-state index is 12.0. The van der Waals surface area contributed by atoms with Gasteiger partial charge in [0, 0.05) is 44.3 Å². The summed E-state index contributed by atoms with van der Waals surface area (Å²) in [6.45, 7) is 4.68. The van der Waals surface area contributed by atoms with Crippen LogP contribution in [0, 0.1) is 0 Å². The molecule has 0 bridgehead atoms. The number of nitrogens with zero attached hydrogens (tertiary/aromatic N) is 1. The first-order valence-electron chi connectivity index (χ1n) is 9.14. The largest absolute Gasteiger partial charge is 0.508 e. The second kappa shape index (κ2) is 8.84. The first-order valence-corrected chi connectivity index (χ1v) is 9.14. The predicted molar refractivity (Wildman–Crippen MR) is 106 cm³/mol. The van der Waals surface area contributed by atoms with E-state index < -0.39 is 5.63 Å². The van der Waals surface area contributed by atoms with Crippen LogP contribution in [0.3, 0.4) is 0 Å². The Labute approximate surface area is 158 Å². The van der Waals surface area contributed by atoms with Gasteiger partial charge in [-0.25, -0.2) is 4.79 Å². The second-order valence-electron chi connectivity index (χ2n) is 6.61. The number of hydrogen-bond donors (Lipinski definition) is 1. The zero-order valence-electron chi connectivity index (χ0n) is 15.8. The van der Waals surface area contributed by atoms with Crippen LogP contribution < -0.4 is 5.63 Å². The molecule has 1 N–H and O–H groups in total. The molecule has 1 heterocycles. The molecule has 2 aromatic carbocycles. The van der Waals surface area contributed by atoms with Crippen molar-refractivity contribution >= 4 is 11.0 Å². The van der Waals surface area contributed by atoms with Gasteiger partial charge in [0.05, 0.1) is 6.61 Å². The van der Waals surface area contributed by atoms with E-state index in [1.54, 1.807) is 13.2 Å². The summed E-state index contributed by atoms with van der Waals surface area (Å²) in [6, 6.07) is 15.2. The summed E-state index contributed by atoms with van der Waals surface area (Å²) >= 11 is 0. The molecule has 0 atom stereocenters. The van der Waals surface area contributed by atoms with E-state index in [1.807, 2.05) is 31.2 Å². The third-order valence-electron chi connectivity index (χ3n) is 4.66. The number of aromatic hydroxyl groups is 1. The quantitative estimate of drug-likeness (QED) is 0.615.